The van der Waals surface area contributed by atoms with Crippen LogP contribution in [0.25, 0.3) is 0 Å². The second-order valence-corrected chi connectivity index (χ2v) is 11.5. The fraction of sp³-hybridized carbons (Fsp3) is 0.667. The van der Waals surface area contributed by atoms with Crippen LogP contribution in [0.1, 0.15) is 90.4 Å². The van der Waals surface area contributed by atoms with E-state index < -0.39 is 9.96 Å². The number of halogens is 4. The lowest BCUT2D eigenvalue weighted by Gasteiger charge is -2.27. The highest BCUT2D eigenvalue weighted by Gasteiger charge is 2.34. The van der Waals surface area contributed by atoms with Crippen molar-refractivity contribution in [2.24, 2.45) is 0 Å². The molecule has 0 aromatic heterocycles. The molecule has 0 bridgehead atoms. The number of thiocarbonyl (C=S) groups is 1. The van der Waals surface area contributed by atoms with Gasteiger partial charge in [0.15, 0.2) is 5.11 Å². The zero-order valence-electron chi connectivity index (χ0n) is 19.4. The van der Waals surface area contributed by atoms with E-state index in [1.54, 1.807) is 24.3 Å². The predicted octanol–water partition coefficient (Wildman–Crippen LogP) is 8.53. The van der Waals surface area contributed by atoms with Crippen LogP contribution < -0.4 is 16.0 Å². The summed E-state index contributed by atoms with van der Waals surface area (Å²) < 4.78 is -1.77. The molecule has 0 aliphatic carbocycles. The maximum absolute atomic E-state index is 12.4. The van der Waals surface area contributed by atoms with Crippen molar-refractivity contribution >= 4 is 75.3 Å². The number of amides is 1. The molecular formula is C24H37Cl4N3OS. The maximum Gasteiger partial charge on any atom is 0.228 e. The number of anilines is 1. The van der Waals surface area contributed by atoms with Gasteiger partial charge in [0.1, 0.15) is 6.17 Å². The number of carbonyl (C=O) groups is 1. The number of carbonyl (C=O) groups excluding carboxylic acids is 1. The highest BCUT2D eigenvalue weighted by Crippen LogP contribution is 2.29. The minimum atomic E-state index is -1.77. The molecule has 1 rings (SSSR count). The Hall–Kier alpha value is -0.460. The second-order valence-electron chi connectivity index (χ2n) is 8.29. The van der Waals surface area contributed by atoms with E-state index in [4.69, 9.17) is 58.6 Å². The summed E-state index contributed by atoms with van der Waals surface area (Å²) in [5, 5.41) is 9.39. The molecule has 9 heteroatoms. The summed E-state index contributed by atoms with van der Waals surface area (Å²) in [7, 11) is 0. The molecule has 4 nitrogen and oxygen atoms in total. The quantitative estimate of drug-likeness (QED) is 0.0826. The van der Waals surface area contributed by atoms with Gasteiger partial charge >= 0.3 is 0 Å². The summed E-state index contributed by atoms with van der Waals surface area (Å²) in [6.45, 7) is 2.25. The number of hydrogen-bond acceptors (Lipinski definition) is 2. The molecular weight excluding hydrogens is 520 g/mol. The first kappa shape index (κ1) is 30.6. The number of nitrogens with one attached hydrogen (secondary N) is 3. The van der Waals surface area contributed by atoms with Gasteiger partial charge in [0, 0.05) is 17.1 Å². The lowest BCUT2D eigenvalue weighted by Crippen LogP contribution is -2.56. The zero-order chi connectivity index (χ0) is 24.5. The smallest absolute Gasteiger partial charge is 0.228 e. The number of hydrogen-bond donors (Lipinski definition) is 3. The molecule has 0 heterocycles. The van der Waals surface area contributed by atoms with E-state index in [2.05, 4.69) is 22.9 Å². The van der Waals surface area contributed by atoms with E-state index >= 15 is 0 Å². The van der Waals surface area contributed by atoms with Crippen LogP contribution in [0.15, 0.2) is 24.3 Å². The number of benzene rings is 1. The molecule has 0 saturated carbocycles. The SMILES string of the molecule is CCCCCCCCCCCCCCC(=O)NC(NC(=S)Nc1ccc(Cl)cc1)C(Cl)(Cl)Cl. The van der Waals surface area contributed by atoms with E-state index in [0.717, 1.165) is 24.9 Å². The molecule has 1 aromatic rings. The van der Waals surface area contributed by atoms with Gasteiger partial charge in [-0.05, 0) is 42.9 Å². The Morgan fingerprint density at radius 1 is 0.848 bits per heavy atom. The molecule has 0 aliphatic heterocycles. The minimum Gasteiger partial charge on any atom is -0.339 e. The molecule has 0 saturated heterocycles. The Labute approximate surface area is 224 Å². The van der Waals surface area contributed by atoms with Gasteiger partial charge in [-0.1, -0.05) is 124 Å². The molecule has 0 aliphatic rings. The average molecular weight is 557 g/mol. The minimum absolute atomic E-state index is 0.180. The zero-order valence-corrected chi connectivity index (χ0v) is 23.2. The molecule has 0 fully saturated rings. The average Bonchev–Trinajstić information content (AvgIpc) is 2.75. The number of rotatable bonds is 16. The Balaban J connectivity index is 2.21. The summed E-state index contributed by atoms with van der Waals surface area (Å²) in [5.74, 6) is -0.180. The normalized spacial score (nSPS) is 12.3. The molecule has 1 aromatic carbocycles. The van der Waals surface area contributed by atoms with Gasteiger partial charge in [-0.25, -0.2) is 0 Å². The monoisotopic (exact) mass is 555 g/mol. The highest BCUT2D eigenvalue weighted by molar-refractivity contribution is 7.80. The molecule has 0 spiro atoms. The molecule has 188 valence electrons. The number of alkyl halides is 3. The Bertz CT molecular complexity index is 683. The third kappa shape index (κ3) is 15.9. The first-order valence-electron chi connectivity index (χ1n) is 11.9. The van der Waals surface area contributed by atoms with Gasteiger partial charge in [0.25, 0.3) is 0 Å². The fourth-order valence-electron chi connectivity index (χ4n) is 3.39. The fourth-order valence-corrected chi connectivity index (χ4v) is 4.08. The lowest BCUT2D eigenvalue weighted by atomic mass is 10.0. The van der Waals surface area contributed by atoms with Crippen LogP contribution in [0.3, 0.4) is 0 Å². The van der Waals surface area contributed by atoms with Crippen molar-refractivity contribution in [3.8, 4) is 0 Å². The van der Waals surface area contributed by atoms with Crippen molar-refractivity contribution < 1.29 is 4.79 Å². The second kappa shape index (κ2) is 17.9. The summed E-state index contributed by atoms with van der Waals surface area (Å²) in [4.78, 5) is 12.4. The van der Waals surface area contributed by atoms with Crippen molar-refractivity contribution in [2.45, 2.75) is 100 Å². The van der Waals surface area contributed by atoms with Crippen LogP contribution in [-0.2, 0) is 4.79 Å². The van der Waals surface area contributed by atoms with Crippen LogP contribution in [0.4, 0.5) is 5.69 Å². The maximum atomic E-state index is 12.4. The summed E-state index contributed by atoms with van der Waals surface area (Å²) in [5.41, 5.74) is 0.725. The Morgan fingerprint density at radius 3 is 1.82 bits per heavy atom. The Kier molecular flexibility index (Phi) is 16.6. The van der Waals surface area contributed by atoms with E-state index in [0.29, 0.717) is 11.4 Å². The van der Waals surface area contributed by atoms with E-state index in [1.807, 2.05) is 0 Å². The van der Waals surface area contributed by atoms with Gasteiger partial charge in [-0.3, -0.25) is 4.79 Å². The molecule has 0 radical (unpaired) electrons. The largest absolute Gasteiger partial charge is 0.339 e. The van der Waals surface area contributed by atoms with Crippen LogP contribution in [0.2, 0.25) is 5.02 Å². The summed E-state index contributed by atoms with van der Waals surface area (Å²) in [6.07, 6.45) is 14.3. The lowest BCUT2D eigenvalue weighted by molar-refractivity contribution is -0.122. The summed E-state index contributed by atoms with van der Waals surface area (Å²) in [6, 6.07) is 7.00. The van der Waals surface area contributed by atoms with Gasteiger partial charge in [0.05, 0.1) is 0 Å². The van der Waals surface area contributed by atoms with Crippen LogP contribution in [-0.4, -0.2) is 21.0 Å². The van der Waals surface area contributed by atoms with E-state index in [1.165, 1.54) is 57.8 Å². The van der Waals surface area contributed by atoms with Crippen molar-refractivity contribution in [2.75, 3.05) is 5.32 Å². The standard InChI is InChI=1S/C24H37Cl4N3OS/c1-2-3-4-5-6-7-8-9-10-11-12-13-14-21(32)30-22(24(26,27)28)31-23(33)29-20-17-15-19(25)16-18-20/h15-18,22H,2-14H2,1H3,(H,30,32)(H2,29,31,33). The van der Waals surface area contributed by atoms with Crippen molar-refractivity contribution in [1.82, 2.24) is 10.6 Å². The Morgan fingerprint density at radius 2 is 1.33 bits per heavy atom. The molecule has 3 N–H and O–H groups in total. The van der Waals surface area contributed by atoms with E-state index in [-0.39, 0.29) is 11.0 Å². The molecule has 1 amide bonds. The van der Waals surface area contributed by atoms with Crippen molar-refractivity contribution in [3.05, 3.63) is 29.3 Å². The van der Waals surface area contributed by atoms with Crippen LogP contribution in [0, 0.1) is 0 Å². The van der Waals surface area contributed by atoms with Gasteiger partial charge < -0.3 is 16.0 Å². The molecule has 33 heavy (non-hydrogen) atoms. The molecule has 1 unspecified atom stereocenters. The van der Waals surface area contributed by atoms with Crippen molar-refractivity contribution in [3.63, 3.8) is 0 Å². The van der Waals surface area contributed by atoms with E-state index in [9.17, 15) is 4.79 Å². The topological polar surface area (TPSA) is 53.2 Å². The van der Waals surface area contributed by atoms with Crippen molar-refractivity contribution in [1.29, 1.82) is 0 Å². The van der Waals surface area contributed by atoms with Gasteiger partial charge in [-0.2, -0.15) is 0 Å². The predicted molar refractivity (Wildman–Crippen MR) is 149 cm³/mol. The van der Waals surface area contributed by atoms with Gasteiger partial charge in [-0.15, -0.1) is 0 Å². The van der Waals surface area contributed by atoms with Crippen LogP contribution in [0.5, 0.6) is 0 Å². The first-order valence-corrected chi connectivity index (χ1v) is 13.8. The number of unbranched alkanes of at least 4 members (excludes halogenated alkanes) is 11. The molecule has 1 atom stereocenters. The third-order valence-electron chi connectivity index (χ3n) is 5.27. The third-order valence-corrected chi connectivity index (χ3v) is 6.39. The van der Waals surface area contributed by atoms with Crippen LogP contribution >= 0.6 is 58.6 Å². The first-order chi connectivity index (χ1) is 15.7. The van der Waals surface area contributed by atoms with Gasteiger partial charge in [0.2, 0.25) is 9.70 Å². The highest BCUT2D eigenvalue weighted by atomic mass is 35.6. The summed E-state index contributed by atoms with van der Waals surface area (Å²) >= 11 is 29.3.